The average Bonchev–Trinajstić information content (AvgIpc) is 3.30. The molecular formula is C25H42O3Si. The highest BCUT2D eigenvalue weighted by Crippen LogP contribution is 2.48. The lowest BCUT2D eigenvalue weighted by Gasteiger charge is -2.40. The van der Waals surface area contributed by atoms with Crippen molar-refractivity contribution >= 4 is 14.0 Å². The second kappa shape index (κ2) is 9.34. The van der Waals surface area contributed by atoms with E-state index in [-0.39, 0.29) is 17.0 Å². The van der Waals surface area contributed by atoms with Gasteiger partial charge in [0.2, 0.25) is 0 Å². The Morgan fingerprint density at radius 1 is 1.34 bits per heavy atom. The summed E-state index contributed by atoms with van der Waals surface area (Å²) in [7, 11) is -1.35. The highest BCUT2D eigenvalue weighted by atomic mass is 28.3. The van der Waals surface area contributed by atoms with Crippen molar-refractivity contribution in [2.24, 2.45) is 5.41 Å². The standard InChI is InChI=1S/C25H42O3Si/c1-9-25(5)22(28-25)14-13-19(3)15-17-24(4)16-11-12-20(23(26)27-10-2)21(24)18-29(6,7)8/h9,15,22H,1,10-14,16-18H2,2-8H3/b19-15+/t22-,24+,25-/m0/s1. The van der Waals surface area contributed by atoms with Gasteiger partial charge in [-0.1, -0.05) is 49.9 Å². The van der Waals surface area contributed by atoms with E-state index in [2.05, 4.69) is 53.1 Å². The van der Waals surface area contributed by atoms with Crippen LogP contribution in [-0.4, -0.2) is 32.4 Å². The van der Waals surface area contributed by atoms with Gasteiger partial charge in [0.25, 0.3) is 0 Å². The van der Waals surface area contributed by atoms with E-state index in [0.717, 1.165) is 50.1 Å². The average molecular weight is 419 g/mol. The van der Waals surface area contributed by atoms with E-state index < -0.39 is 8.07 Å². The minimum Gasteiger partial charge on any atom is -0.463 e. The molecule has 1 saturated heterocycles. The van der Waals surface area contributed by atoms with Gasteiger partial charge >= 0.3 is 5.97 Å². The van der Waals surface area contributed by atoms with E-state index in [9.17, 15) is 4.79 Å². The second-order valence-electron chi connectivity index (χ2n) is 10.6. The Kier molecular flexibility index (Phi) is 7.78. The molecule has 0 aromatic rings. The summed E-state index contributed by atoms with van der Waals surface area (Å²) < 4.78 is 11.2. The van der Waals surface area contributed by atoms with Crippen LogP contribution in [0.2, 0.25) is 25.7 Å². The lowest BCUT2D eigenvalue weighted by atomic mass is 9.69. The monoisotopic (exact) mass is 418 g/mol. The molecule has 4 heteroatoms. The first-order valence-corrected chi connectivity index (χ1v) is 15.0. The normalized spacial score (nSPS) is 30.3. The van der Waals surface area contributed by atoms with Crippen molar-refractivity contribution in [3.05, 3.63) is 35.5 Å². The lowest BCUT2D eigenvalue weighted by molar-refractivity contribution is -0.139. The summed E-state index contributed by atoms with van der Waals surface area (Å²) in [5.74, 6) is -0.0815. The molecule has 1 aliphatic heterocycles. The van der Waals surface area contributed by atoms with E-state index in [1.165, 1.54) is 11.1 Å². The van der Waals surface area contributed by atoms with Gasteiger partial charge in [-0.05, 0) is 70.8 Å². The fourth-order valence-corrected chi connectivity index (χ4v) is 6.20. The van der Waals surface area contributed by atoms with Crippen LogP contribution in [0.1, 0.15) is 66.2 Å². The maximum Gasteiger partial charge on any atom is 0.333 e. The smallest absolute Gasteiger partial charge is 0.333 e. The van der Waals surface area contributed by atoms with Crippen LogP contribution in [0.15, 0.2) is 35.5 Å². The number of rotatable bonds is 10. The van der Waals surface area contributed by atoms with Gasteiger partial charge in [0.05, 0.1) is 12.7 Å². The van der Waals surface area contributed by atoms with Crippen molar-refractivity contribution < 1.29 is 14.3 Å². The van der Waals surface area contributed by atoms with Crippen molar-refractivity contribution in [3.63, 3.8) is 0 Å². The molecule has 1 aliphatic carbocycles. The quantitative estimate of drug-likeness (QED) is 0.169. The lowest BCUT2D eigenvalue weighted by Crippen LogP contribution is -2.32. The number of esters is 1. The third kappa shape index (κ3) is 6.42. The first-order chi connectivity index (χ1) is 13.4. The zero-order chi connectivity index (χ0) is 21.9. The Morgan fingerprint density at radius 2 is 2.03 bits per heavy atom. The third-order valence-electron chi connectivity index (χ3n) is 6.56. The maximum atomic E-state index is 12.7. The van der Waals surface area contributed by atoms with Crippen LogP contribution >= 0.6 is 0 Å². The Labute approximate surface area is 179 Å². The topological polar surface area (TPSA) is 38.8 Å². The van der Waals surface area contributed by atoms with E-state index in [4.69, 9.17) is 9.47 Å². The summed E-state index contributed by atoms with van der Waals surface area (Å²) in [6.45, 7) is 20.1. The number of ether oxygens (including phenoxy) is 2. The van der Waals surface area contributed by atoms with E-state index >= 15 is 0 Å². The molecular weight excluding hydrogens is 376 g/mol. The third-order valence-corrected chi connectivity index (χ3v) is 7.98. The van der Waals surface area contributed by atoms with Crippen molar-refractivity contribution in [1.82, 2.24) is 0 Å². The van der Waals surface area contributed by atoms with Crippen LogP contribution in [0, 0.1) is 5.41 Å². The summed E-state index contributed by atoms with van der Waals surface area (Å²) in [6.07, 6.45) is 10.8. The van der Waals surface area contributed by atoms with Crippen molar-refractivity contribution in [3.8, 4) is 0 Å². The highest BCUT2D eigenvalue weighted by Gasteiger charge is 2.48. The van der Waals surface area contributed by atoms with Crippen molar-refractivity contribution in [2.45, 2.75) is 104 Å². The fraction of sp³-hybridized carbons (Fsp3) is 0.720. The maximum absolute atomic E-state index is 12.7. The molecule has 0 bridgehead atoms. The number of carbonyl (C=O) groups is 1. The molecule has 29 heavy (non-hydrogen) atoms. The van der Waals surface area contributed by atoms with Crippen LogP contribution in [0.4, 0.5) is 0 Å². The Bertz CT molecular complexity index is 685. The highest BCUT2D eigenvalue weighted by molar-refractivity contribution is 6.76. The van der Waals surface area contributed by atoms with Gasteiger partial charge in [0.15, 0.2) is 0 Å². The predicted molar refractivity (Wildman–Crippen MR) is 125 cm³/mol. The van der Waals surface area contributed by atoms with Crippen molar-refractivity contribution in [1.29, 1.82) is 0 Å². The number of hydrogen-bond donors (Lipinski definition) is 0. The largest absolute Gasteiger partial charge is 0.463 e. The van der Waals surface area contributed by atoms with Gasteiger partial charge in [0.1, 0.15) is 5.60 Å². The summed E-state index contributed by atoms with van der Waals surface area (Å²) in [6, 6.07) is 1.08. The molecule has 0 unspecified atom stereocenters. The predicted octanol–water partition coefficient (Wildman–Crippen LogP) is 6.83. The molecule has 0 aromatic heterocycles. The molecule has 164 valence electrons. The molecule has 1 fully saturated rings. The summed E-state index contributed by atoms with van der Waals surface area (Å²) in [5.41, 5.74) is 3.73. The van der Waals surface area contributed by atoms with Crippen LogP contribution in [0.3, 0.4) is 0 Å². The fourth-order valence-electron chi connectivity index (χ4n) is 4.50. The first kappa shape index (κ1) is 24.1. The number of hydrogen-bond acceptors (Lipinski definition) is 3. The van der Waals surface area contributed by atoms with Crippen LogP contribution in [0.5, 0.6) is 0 Å². The SMILES string of the molecule is C=C[C@]1(C)O[C@H]1CC/C(C)=C/C[C@@]1(C)CCCC(C(=O)OCC)=C1C[Si](C)(C)C. The molecule has 2 aliphatic rings. The van der Waals surface area contributed by atoms with E-state index in [0.29, 0.717) is 12.7 Å². The van der Waals surface area contributed by atoms with E-state index in [1.54, 1.807) is 0 Å². The number of allylic oxidation sites excluding steroid dienone is 3. The van der Waals surface area contributed by atoms with Crippen LogP contribution in [-0.2, 0) is 14.3 Å². The van der Waals surface area contributed by atoms with Crippen LogP contribution < -0.4 is 0 Å². The van der Waals surface area contributed by atoms with Crippen LogP contribution in [0.25, 0.3) is 0 Å². The molecule has 3 atom stereocenters. The van der Waals surface area contributed by atoms with Gasteiger partial charge in [-0.25, -0.2) is 4.79 Å². The molecule has 0 N–H and O–H groups in total. The molecule has 0 spiro atoms. The minimum absolute atomic E-state index is 0.0631. The van der Waals surface area contributed by atoms with Crippen molar-refractivity contribution in [2.75, 3.05) is 6.61 Å². The van der Waals surface area contributed by atoms with Gasteiger partial charge in [-0.3, -0.25) is 0 Å². The summed E-state index contributed by atoms with van der Waals surface area (Å²) >= 11 is 0. The summed E-state index contributed by atoms with van der Waals surface area (Å²) in [4.78, 5) is 12.7. The molecule has 2 rings (SSSR count). The Balaban J connectivity index is 2.15. The second-order valence-corrected chi connectivity index (χ2v) is 16.1. The summed E-state index contributed by atoms with van der Waals surface area (Å²) in [5, 5.41) is 0. The first-order valence-electron chi connectivity index (χ1n) is 11.3. The minimum atomic E-state index is -1.35. The Hall–Kier alpha value is -1.13. The van der Waals surface area contributed by atoms with Gasteiger partial charge in [-0.2, -0.15) is 0 Å². The molecule has 0 saturated carbocycles. The molecule has 0 amide bonds. The molecule has 0 radical (unpaired) electrons. The molecule has 3 nitrogen and oxygen atoms in total. The zero-order valence-electron chi connectivity index (χ0n) is 19.8. The van der Waals surface area contributed by atoms with Gasteiger partial charge < -0.3 is 9.47 Å². The Morgan fingerprint density at radius 3 is 2.59 bits per heavy atom. The zero-order valence-corrected chi connectivity index (χ0v) is 20.8. The molecule has 1 heterocycles. The molecule has 0 aromatic carbocycles. The van der Waals surface area contributed by atoms with Gasteiger partial charge in [0, 0.05) is 13.6 Å². The van der Waals surface area contributed by atoms with E-state index in [1.807, 2.05) is 13.0 Å². The number of epoxide rings is 1. The number of carbonyl (C=O) groups excluding carboxylic acids is 1. The van der Waals surface area contributed by atoms with Gasteiger partial charge in [-0.15, -0.1) is 6.58 Å².